The normalized spacial score (nSPS) is 14.2. The van der Waals surface area contributed by atoms with Gasteiger partial charge in [-0.05, 0) is 12.8 Å². The van der Waals surface area contributed by atoms with E-state index in [4.69, 9.17) is 0 Å². The van der Waals surface area contributed by atoms with E-state index in [9.17, 15) is 8.42 Å². The number of rotatable bonds is 6. The van der Waals surface area contributed by atoms with E-state index in [0.717, 1.165) is 0 Å². The molecule has 98 valence electrons. The van der Waals surface area contributed by atoms with Crippen molar-refractivity contribution in [3.05, 3.63) is 12.5 Å². The molecule has 7 heteroatoms. The predicted molar refractivity (Wildman–Crippen MR) is 70.6 cm³/mol. The minimum absolute atomic E-state index is 0.0720. The van der Waals surface area contributed by atoms with E-state index in [1.807, 2.05) is 20.8 Å². The van der Waals surface area contributed by atoms with Crippen molar-refractivity contribution in [1.82, 2.24) is 14.3 Å². The second-order valence-corrected chi connectivity index (χ2v) is 7.04. The van der Waals surface area contributed by atoms with Crippen molar-refractivity contribution in [3.8, 4) is 0 Å². The Hall–Kier alpha value is -0.400. The molecule has 0 aliphatic carbocycles. The van der Waals surface area contributed by atoms with Gasteiger partial charge in [0.05, 0.1) is 6.33 Å². The van der Waals surface area contributed by atoms with Crippen LogP contribution >= 0.6 is 15.9 Å². The van der Waals surface area contributed by atoms with E-state index in [2.05, 4.69) is 25.6 Å². The summed E-state index contributed by atoms with van der Waals surface area (Å²) in [5.41, 5.74) is 0. The van der Waals surface area contributed by atoms with Gasteiger partial charge in [0, 0.05) is 24.1 Å². The molecule has 0 aromatic carbocycles. The summed E-state index contributed by atoms with van der Waals surface area (Å²) in [6, 6.07) is 0. The van der Waals surface area contributed by atoms with Crippen molar-refractivity contribution in [2.75, 3.05) is 6.54 Å². The van der Waals surface area contributed by atoms with Crippen molar-refractivity contribution >= 4 is 26.0 Å². The molecule has 0 saturated heterocycles. The molecule has 5 nitrogen and oxygen atoms in total. The van der Waals surface area contributed by atoms with Gasteiger partial charge in [0.25, 0.3) is 10.0 Å². The zero-order valence-corrected chi connectivity index (χ0v) is 12.6. The highest BCUT2D eigenvalue weighted by atomic mass is 79.9. The Morgan fingerprint density at radius 3 is 2.65 bits per heavy atom. The third kappa shape index (κ3) is 4.08. The maximum atomic E-state index is 11.9. The second-order valence-electron chi connectivity index (χ2n) is 4.15. The lowest BCUT2D eigenvalue weighted by Crippen LogP contribution is -2.32. The van der Waals surface area contributed by atoms with Crippen molar-refractivity contribution in [2.45, 2.75) is 37.2 Å². The van der Waals surface area contributed by atoms with Gasteiger partial charge in [-0.15, -0.1) is 0 Å². The molecule has 0 aliphatic rings. The van der Waals surface area contributed by atoms with E-state index in [1.165, 1.54) is 12.5 Å². The number of aryl methyl sites for hydroxylation is 1. The Morgan fingerprint density at radius 2 is 2.18 bits per heavy atom. The maximum Gasteiger partial charge on any atom is 0.259 e. The number of sulfonamides is 1. The average molecular weight is 324 g/mol. The van der Waals surface area contributed by atoms with Crippen molar-refractivity contribution in [3.63, 3.8) is 0 Å². The van der Waals surface area contributed by atoms with Gasteiger partial charge in [-0.25, -0.2) is 18.1 Å². The fourth-order valence-corrected chi connectivity index (χ4v) is 2.53. The van der Waals surface area contributed by atoms with E-state index in [1.54, 1.807) is 4.57 Å². The van der Waals surface area contributed by atoms with Crippen molar-refractivity contribution < 1.29 is 8.42 Å². The molecule has 0 saturated carbocycles. The zero-order valence-electron chi connectivity index (χ0n) is 10.2. The molecule has 0 fully saturated rings. The number of imidazole rings is 1. The number of alkyl halides is 1. The molecule has 0 bridgehead atoms. The zero-order chi connectivity index (χ0) is 13.1. The number of halogens is 1. The van der Waals surface area contributed by atoms with Crippen LogP contribution in [0, 0.1) is 5.92 Å². The first-order chi connectivity index (χ1) is 7.86. The monoisotopic (exact) mass is 323 g/mol. The molecule has 1 aromatic rings. The highest BCUT2D eigenvalue weighted by molar-refractivity contribution is 9.09. The van der Waals surface area contributed by atoms with Crippen LogP contribution in [0.3, 0.4) is 0 Å². The summed E-state index contributed by atoms with van der Waals surface area (Å²) in [4.78, 5) is 3.99. The molecule has 0 radical (unpaired) electrons. The highest BCUT2D eigenvalue weighted by Gasteiger charge is 2.19. The minimum Gasteiger partial charge on any atom is -0.336 e. The van der Waals surface area contributed by atoms with Crippen LogP contribution in [0.1, 0.15) is 20.8 Å². The van der Waals surface area contributed by atoms with Crippen LogP contribution in [0.15, 0.2) is 17.6 Å². The number of nitrogens with zero attached hydrogens (tertiary/aromatic N) is 2. The summed E-state index contributed by atoms with van der Waals surface area (Å²) in [5, 5.41) is 0.0720. The maximum absolute atomic E-state index is 11.9. The lowest BCUT2D eigenvalue weighted by molar-refractivity contribution is 0.560. The Morgan fingerprint density at radius 1 is 1.53 bits per heavy atom. The standard InChI is InChI=1S/C10H18BrN3O2S/c1-4-14-6-10(12-7-14)17(15,16)13-5-9(11)8(2)3/h6-9,13H,4-5H2,1-3H3. The number of hydrogen-bond donors (Lipinski definition) is 1. The molecule has 1 unspecified atom stereocenters. The Bertz CT molecular complexity index is 456. The Balaban J connectivity index is 2.69. The Labute approximate surface area is 111 Å². The second kappa shape index (κ2) is 5.97. The number of hydrogen-bond acceptors (Lipinski definition) is 3. The first kappa shape index (κ1) is 14.7. The van der Waals surface area contributed by atoms with Crippen LogP contribution in [-0.2, 0) is 16.6 Å². The van der Waals surface area contributed by atoms with Crippen molar-refractivity contribution in [2.24, 2.45) is 5.92 Å². The summed E-state index contributed by atoms with van der Waals surface area (Å²) in [6.45, 7) is 7.05. The van der Waals surface area contributed by atoms with Gasteiger partial charge in [0.15, 0.2) is 5.03 Å². The summed E-state index contributed by atoms with van der Waals surface area (Å²) in [5.74, 6) is 0.367. The quantitative estimate of drug-likeness (QED) is 0.809. The average Bonchev–Trinajstić information content (AvgIpc) is 2.75. The molecule has 1 heterocycles. The molecule has 0 aliphatic heterocycles. The molecular formula is C10H18BrN3O2S. The molecule has 1 rings (SSSR count). The highest BCUT2D eigenvalue weighted by Crippen LogP contribution is 2.12. The van der Waals surface area contributed by atoms with Crippen LogP contribution in [0.5, 0.6) is 0 Å². The fraction of sp³-hybridized carbons (Fsp3) is 0.700. The van der Waals surface area contributed by atoms with E-state index in [-0.39, 0.29) is 9.85 Å². The third-order valence-corrected chi connectivity index (χ3v) is 5.13. The van der Waals surface area contributed by atoms with Gasteiger partial charge < -0.3 is 4.57 Å². The van der Waals surface area contributed by atoms with Crippen LogP contribution in [0.2, 0.25) is 0 Å². The SMILES string of the molecule is CCn1cnc(S(=O)(=O)NCC(Br)C(C)C)c1. The van der Waals surface area contributed by atoms with E-state index >= 15 is 0 Å². The first-order valence-corrected chi connectivity index (χ1v) is 7.92. The molecule has 1 atom stereocenters. The number of aromatic nitrogens is 2. The lowest BCUT2D eigenvalue weighted by atomic mass is 10.1. The van der Waals surface area contributed by atoms with Gasteiger partial charge >= 0.3 is 0 Å². The Kier molecular flexibility index (Phi) is 5.15. The molecule has 0 amide bonds. The van der Waals surface area contributed by atoms with Crippen LogP contribution in [0.25, 0.3) is 0 Å². The third-order valence-electron chi connectivity index (χ3n) is 2.44. The van der Waals surface area contributed by atoms with Crippen LogP contribution in [0.4, 0.5) is 0 Å². The van der Waals surface area contributed by atoms with E-state index in [0.29, 0.717) is 19.0 Å². The van der Waals surface area contributed by atoms with Crippen molar-refractivity contribution in [1.29, 1.82) is 0 Å². The molecule has 1 N–H and O–H groups in total. The largest absolute Gasteiger partial charge is 0.336 e. The smallest absolute Gasteiger partial charge is 0.259 e. The summed E-state index contributed by atoms with van der Waals surface area (Å²) >= 11 is 3.43. The number of nitrogens with one attached hydrogen (secondary N) is 1. The van der Waals surface area contributed by atoms with Crippen LogP contribution in [-0.4, -0.2) is 29.3 Å². The van der Waals surface area contributed by atoms with Crippen LogP contribution < -0.4 is 4.72 Å². The van der Waals surface area contributed by atoms with Gasteiger partial charge in [0.1, 0.15) is 0 Å². The first-order valence-electron chi connectivity index (χ1n) is 5.52. The molecule has 1 aromatic heterocycles. The summed E-state index contributed by atoms with van der Waals surface area (Å²) in [6.07, 6.45) is 3.05. The van der Waals surface area contributed by atoms with Gasteiger partial charge in [-0.1, -0.05) is 29.8 Å². The van der Waals surface area contributed by atoms with E-state index < -0.39 is 10.0 Å². The van der Waals surface area contributed by atoms with Gasteiger partial charge in [-0.3, -0.25) is 0 Å². The summed E-state index contributed by atoms with van der Waals surface area (Å²) in [7, 11) is -3.49. The minimum atomic E-state index is -3.49. The molecular weight excluding hydrogens is 306 g/mol. The van der Waals surface area contributed by atoms with Gasteiger partial charge in [0.2, 0.25) is 0 Å². The summed E-state index contributed by atoms with van der Waals surface area (Å²) < 4.78 is 28.0. The predicted octanol–water partition coefficient (Wildman–Crippen LogP) is 1.60. The van der Waals surface area contributed by atoms with Gasteiger partial charge in [-0.2, -0.15) is 0 Å². The fourth-order valence-electron chi connectivity index (χ4n) is 1.15. The molecule has 17 heavy (non-hydrogen) atoms. The lowest BCUT2D eigenvalue weighted by Gasteiger charge is -2.13. The topological polar surface area (TPSA) is 64.0 Å². The molecule has 0 spiro atoms.